The minimum absolute atomic E-state index is 0. The van der Waals surface area contributed by atoms with Crippen LogP contribution < -0.4 is 31.4 Å². The maximum Gasteiger partial charge on any atom is 2.00 e. The molecule has 1 aliphatic heterocycles. The van der Waals surface area contributed by atoms with Gasteiger partial charge in [0.15, 0.2) is 0 Å². The zero-order valence-corrected chi connectivity index (χ0v) is 27.3. The van der Waals surface area contributed by atoms with Crippen LogP contribution in [0.5, 0.6) is 0 Å². The van der Waals surface area contributed by atoms with Gasteiger partial charge in [-0.2, -0.15) is 0 Å². The van der Waals surface area contributed by atoms with Gasteiger partial charge in [0.1, 0.15) is 0 Å². The fraction of sp³-hybridized carbons (Fsp3) is 0. The number of hydrogen-bond donors (Lipinski definition) is 2. The Morgan fingerprint density at radius 2 is 0.490 bits per heavy atom. The molecule has 49 heavy (non-hydrogen) atoms. The molecule has 0 saturated heterocycles. The summed E-state index contributed by atoms with van der Waals surface area (Å²) in [4.78, 5) is 18.3. The Labute approximate surface area is 294 Å². The van der Waals surface area contributed by atoms with E-state index in [1.807, 2.05) is 24.3 Å². The summed E-state index contributed by atoms with van der Waals surface area (Å²) in [5.41, 5.74) is 12.5. The van der Waals surface area contributed by atoms with Gasteiger partial charge in [0.25, 0.3) is 0 Å². The fourth-order valence-corrected chi connectivity index (χ4v) is 6.84. The fourth-order valence-electron chi connectivity index (χ4n) is 6.84. The molecule has 5 heteroatoms. The molecule has 0 amide bonds. The van der Waals surface area contributed by atoms with Crippen molar-refractivity contribution in [2.75, 3.05) is 0 Å². The quantitative estimate of drug-likeness (QED) is 0.240. The summed E-state index contributed by atoms with van der Waals surface area (Å²) >= 11 is 0. The number of aromatic nitrogens is 4. The number of nitrogens with zero attached hydrogens (tertiary/aromatic N) is 2. The molecule has 0 fully saturated rings. The molecule has 0 atom stereocenters. The Bertz CT molecular complexity index is 2280. The Hall–Kier alpha value is -6.00. The van der Waals surface area contributed by atoms with Crippen molar-refractivity contribution in [2.24, 2.45) is 0 Å². The largest absolute Gasteiger partial charge is 2.00 e. The smallest absolute Gasteiger partial charge is 0.657 e. The maximum absolute atomic E-state index is 5.35. The maximum atomic E-state index is 5.35. The summed E-state index contributed by atoms with van der Waals surface area (Å²) in [7, 11) is 0. The van der Waals surface area contributed by atoms with Crippen LogP contribution >= 0.6 is 0 Å². The van der Waals surface area contributed by atoms with E-state index < -0.39 is 0 Å². The molecule has 0 spiro atoms. The van der Waals surface area contributed by atoms with E-state index >= 15 is 0 Å². The second-order valence-electron chi connectivity index (χ2n) is 12.0. The second-order valence-corrected chi connectivity index (χ2v) is 12.0. The first-order valence-corrected chi connectivity index (χ1v) is 16.2. The van der Waals surface area contributed by atoms with Crippen LogP contribution in [0.15, 0.2) is 170 Å². The summed E-state index contributed by atoms with van der Waals surface area (Å²) in [6, 6.07) is 59.2. The van der Waals surface area contributed by atoms with Crippen molar-refractivity contribution in [3.05, 3.63) is 236 Å². The van der Waals surface area contributed by atoms with Crippen LogP contribution in [0.1, 0.15) is 45.0 Å². The zero-order valence-electron chi connectivity index (χ0n) is 26.4. The zero-order chi connectivity index (χ0) is 31.9. The molecule has 4 aromatic heterocycles. The Morgan fingerprint density at radius 1 is 0.265 bits per heavy atom. The molecule has 9 rings (SSSR count). The molecule has 5 heterocycles. The molecule has 4 nitrogen and oxygen atoms in total. The van der Waals surface area contributed by atoms with E-state index in [0.29, 0.717) is 0 Å². The molecule has 8 aromatic rings. The van der Waals surface area contributed by atoms with Gasteiger partial charge in [-0.3, -0.25) is 0 Å². The van der Waals surface area contributed by atoms with Gasteiger partial charge in [-0.25, -0.2) is 0 Å². The summed E-state index contributed by atoms with van der Waals surface area (Å²) in [5, 5.41) is 3.62. The van der Waals surface area contributed by atoms with E-state index in [0.717, 1.165) is 88.7 Å². The summed E-state index contributed by atoms with van der Waals surface area (Å²) in [6.45, 7) is 0. The van der Waals surface area contributed by atoms with Crippen molar-refractivity contribution in [3.8, 4) is 0 Å². The monoisotopic (exact) mass is 677 g/mol. The molecule has 0 unspecified atom stereocenters. The summed E-state index contributed by atoms with van der Waals surface area (Å²) in [5.74, 6) is 0. The molecular formula is C44H30CuN4. The normalized spacial score (nSPS) is 12.6. The van der Waals surface area contributed by atoms with Crippen LogP contribution in [-0.4, -0.2) is 9.97 Å². The third-order valence-electron chi connectivity index (χ3n) is 9.00. The molecule has 237 valence electrons. The van der Waals surface area contributed by atoms with E-state index in [9.17, 15) is 0 Å². The molecule has 8 bridgehead atoms. The minimum Gasteiger partial charge on any atom is -0.657 e. The van der Waals surface area contributed by atoms with E-state index in [-0.39, 0.29) is 17.1 Å². The Balaban J connectivity index is 0.00000348. The summed E-state index contributed by atoms with van der Waals surface area (Å²) < 4.78 is 0. The van der Waals surface area contributed by atoms with Crippen LogP contribution in [0.4, 0.5) is 0 Å². The SMILES string of the molecule is [Cu+2].c1ccc(C2=c3ccc([n-]3)=C(c3ccccc3)c3ccc([nH]3)C(c3ccccc3)=c3ccc([n-]3)=C(c3ccccc3)c3ccc2[nH]3)cc1. The van der Waals surface area contributed by atoms with E-state index in [1.54, 1.807) is 0 Å². The van der Waals surface area contributed by atoms with E-state index in [4.69, 9.17) is 9.97 Å². The van der Waals surface area contributed by atoms with Gasteiger partial charge in [-0.1, -0.05) is 146 Å². The number of H-pyrrole nitrogens is 2. The first-order chi connectivity index (χ1) is 23.8. The number of benzene rings is 4. The molecule has 0 saturated carbocycles. The molecule has 4 aromatic carbocycles. The van der Waals surface area contributed by atoms with E-state index in [2.05, 4.69) is 156 Å². The molecule has 0 aliphatic carbocycles. The average Bonchev–Trinajstić information content (AvgIpc) is 3.98. The van der Waals surface area contributed by atoms with Gasteiger partial charge >= 0.3 is 17.1 Å². The number of rotatable bonds is 4. The predicted octanol–water partition coefficient (Wildman–Crippen LogP) is 5.56. The number of aromatic amines is 2. The number of fused-ring (bicyclic) bond motifs is 8. The Kier molecular flexibility index (Phi) is 7.98. The van der Waals surface area contributed by atoms with Crippen LogP contribution in [-0.2, 0) is 17.1 Å². The van der Waals surface area contributed by atoms with Gasteiger partial charge < -0.3 is 19.9 Å². The molecule has 1 radical (unpaired) electrons. The predicted molar refractivity (Wildman–Crippen MR) is 192 cm³/mol. The van der Waals surface area contributed by atoms with Gasteiger partial charge in [-0.05, 0) is 68.8 Å². The first-order valence-electron chi connectivity index (χ1n) is 16.2. The molecule has 1 aliphatic rings. The number of hydrogen-bond acceptors (Lipinski definition) is 0. The Morgan fingerprint density at radius 3 is 0.714 bits per heavy atom. The van der Waals surface area contributed by atoms with Gasteiger partial charge in [0, 0.05) is 22.8 Å². The van der Waals surface area contributed by atoms with Crippen LogP contribution in [0.2, 0.25) is 0 Å². The van der Waals surface area contributed by atoms with Gasteiger partial charge in [0.2, 0.25) is 0 Å². The van der Waals surface area contributed by atoms with Crippen molar-refractivity contribution < 1.29 is 17.1 Å². The summed E-state index contributed by atoms with van der Waals surface area (Å²) in [6.07, 6.45) is 0. The van der Waals surface area contributed by atoms with Crippen LogP contribution in [0.25, 0.3) is 22.3 Å². The first kappa shape index (κ1) is 30.3. The van der Waals surface area contributed by atoms with Crippen molar-refractivity contribution in [1.29, 1.82) is 0 Å². The van der Waals surface area contributed by atoms with Gasteiger partial charge in [-0.15, -0.1) is 21.4 Å². The van der Waals surface area contributed by atoms with Crippen molar-refractivity contribution in [3.63, 3.8) is 0 Å². The van der Waals surface area contributed by atoms with Crippen molar-refractivity contribution >= 4 is 22.3 Å². The standard InChI is InChI=1S/C44H30N4.Cu/c1-5-13-29(14-6-1)41-33-21-23-35(45-33)42(30-15-7-2-8-16-30)37-25-27-39(47-37)44(32-19-11-4-12-20-32)40-28-26-38(48-40)43(31-17-9-3-10-18-31)36-24-22-34(41)46-36;/h1-28,45,48H;/q-2;+2. The topological polar surface area (TPSA) is 59.8 Å². The number of nitrogens with one attached hydrogen (secondary N) is 2. The van der Waals surface area contributed by atoms with Crippen LogP contribution in [0.3, 0.4) is 0 Å². The van der Waals surface area contributed by atoms with Gasteiger partial charge in [0.05, 0.1) is 0 Å². The molecule has 2 N–H and O–H groups in total. The second kappa shape index (κ2) is 12.9. The average molecular weight is 678 g/mol. The molecular weight excluding hydrogens is 648 g/mol. The third-order valence-corrected chi connectivity index (χ3v) is 9.00. The minimum atomic E-state index is 0. The van der Waals surface area contributed by atoms with Crippen molar-refractivity contribution in [2.45, 2.75) is 0 Å². The van der Waals surface area contributed by atoms with E-state index in [1.165, 1.54) is 0 Å². The van der Waals surface area contributed by atoms with Crippen LogP contribution in [0, 0.1) is 0 Å². The third kappa shape index (κ3) is 5.55. The van der Waals surface area contributed by atoms with Crippen molar-refractivity contribution in [1.82, 2.24) is 19.9 Å².